The predicted molar refractivity (Wildman–Crippen MR) is 128 cm³/mol. The van der Waals surface area contributed by atoms with Crippen LogP contribution in [0.25, 0.3) is 11.8 Å². The second-order valence-electron chi connectivity index (χ2n) is 7.52. The molecule has 4 rings (SSSR count). The number of ether oxygens (including phenoxy) is 1. The molecule has 2 aromatic carbocycles. The lowest BCUT2D eigenvalue weighted by molar-refractivity contribution is -0.121. The van der Waals surface area contributed by atoms with E-state index < -0.39 is 0 Å². The summed E-state index contributed by atoms with van der Waals surface area (Å²) in [5.74, 6) is 0.354. The van der Waals surface area contributed by atoms with Crippen LogP contribution in [0.2, 0.25) is 0 Å². The summed E-state index contributed by atoms with van der Waals surface area (Å²) in [5.41, 5.74) is 4.59. The maximum absolute atomic E-state index is 13.8. The van der Waals surface area contributed by atoms with Crippen LogP contribution < -0.4 is 4.74 Å². The third-order valence-corrected chi connectivity index (χ3v) is 6.55. The van der Waals surface area contributed by atoms with Gasteiger partial charge in [-0.05, 0) is 73.6 Å². The van der Waals surface area contributed by atoms with Crippen LogP contribution in [-0.4, -0.2) is 34.6 Å². The average molecular weight is 450 g/mol. The van der Waals surface area contributed by atoms with Gasteiger partial charge in [0.05, 0.1) is 4.91 Å². The molecule has 7 heteroatoms. The molecular weight excluding hydrogens is 425 g/mol. The summed E-state index contributed by atoms with van der Waals surface area (Å²) >= 11 is 1.38. The molecule has 3 aromatic rings. The highest BCUT2D eigenvalue weighted by molar-refractivity contribution is 8.18. The zero-order valence-electron chi connectivity index (χ0n) is 18.4. The molecule has 1 fully saturated rings. The van der Waals surface area contributed by atoms with Crippen LogP contribution in [0.5, 0.6) is 5.75 Å². The number of hydrogen-bond donors (Lipinski definition) is 0. The summed E-state index contributed by atoms with van der Waals surface area (Å²) < 4.78 is 21.7. The van der Waals surface area contributed by atoms with E-state index in [1.165, 1.54) is 17.8 Å². The van der Waals surface area contributed by atoms with Gasteiger partial charge < -0.3 is 9.30 Å². The van der Waals surface area contributed by atoms with Gasteiger partial charge in [0.1, 0.15) is 18.2 Å². The van der Waals surface area contributed by atoms with Crippen LogP contribution in [0.1, 0.15) is 22.5 Å². The Labute approximate surface area is 191 Å². The van der Waals surface area contributed by atoms with Gasteiger partial charge in [0.15, 0.2) is 5.17 Å². The van der Waals surface area contributed by atoms with Crippen molar-refractivity contribution in [2.24, 2.45) is 4.99 Å². The molecule has 1 amide bonds. The number of halogens is 1. The average Bonchev–Trinajstić information content (AvgIpc) is 3.23. The van der Waals surface area contributed by atoms with Gasteiger partial charge in [-0.3, -0.25) is 14.7 Å². The summed E-state index contributed by atoms with van der Waals surface area (Å²) in [5, 5.41) is 0.695. The zero-order valence-corrected chi connectivity index (χ0v) is 19.2. The molecule has 0 bridgehead atoms. The molecule has 1 aliphatic heterocycles. The number of carbonyl (C=O) groups is 1. The highest BCUT2D eigenvalue weighted by Gasteiger charge is 2.30. The van der Waals surface area contributed by atoms with Crippen molar-refractivity contribution in [2.45, 2.75) is 20.5 Å². The Bertz CT molecular complexity index is 1230. The van der Waals surface area contributed by atoms with Gasteiger partial charge in [-0.25, -0.2) is 4.39 Å². The van der Waals surface area contributed by atoms with E-state index in [9.17, 15) is 9.18 Å². The number of aryl methyl sites for hydroxylation is 1. The number of aliphatic imine (C=N–C) groups is 1. The number of nitrogens with zero attached hydrogens (tertiary/aromatic N) is 3. The molecule has 1 aliphatic rings. The molecule has 5 nitrogen and oxygen atoms in total. The number of amides is 1. The highest BCUT2D eigenvalue weighted by atomic mass is 32.2. The first-order valence-corrected chi connectivity index (χ1v) is 11.0. The molecule has 32 heavy (non-hydrogen) atoms. The van der Waals surface area contributed by atoms with E-state index in [1.54, 1.807) is 37.2 Å². The first-order valence-electron chi connectivity index (χ1n) is 10.2. The molecule has 1 aromatic heterocycles. The van der Waals surface area contributed by atoms with E-state index in [4.69, 9.17) is 4.74 Å². The molecule has 164 valence electrons. The lowest BCUT2D eigenvalue weighted by atomic mass is 10.2. The fraction of sp³-hybridized carbons (Fsp3) is 0.200. The number of carbonyl (C=O) groups excluding carboxylic acids is 1. The summed E-state index contributed by atoms with van der Waals surface area (Å²) in [6, 6.07) is 16.4. The third-order valence-electron chi connectivity index (χ3n) is 5.40. The Morgan fingerprint density at radius 3 is 2.50 bits per heavy atom. The molecular formula is C25H24FN3O2S. The summed E-state index contributed by atoms with van der Waals surface area (Å²) in [7, 11) is 3.42. The van der Waals surface area contributed by atoms with E-state index in [2.05, 4.69) is 15.6 Å². The van der Waals surface area contributed by atoms with E-state index >= 15 is 0 Å². The van der Waals surface area contributed by atoms with Crippen LogP contribution >= 0.6 is 11.8 Å². The maximum atomic E-state index is 13.8. The minimum atomic E-state index is -0.271. The largest absolute Gasteiger partial charge is 0.489 e. The standard InChI is InChI=1S/C25H24FN3O2S/c1-16-13-19(14-23-24(30)28(4)25(27-3)32-23)17(2)29(16)20-9-11-21(12-10-20)31-15-18-7-5-6-8-22(18)26/h5-14H,15H2,1-4H3/b23-14+,27-25?. The van der Waals surface area contributed by atoms with Crippen molar-refractivity contribution in [2.75, 3.05) is 14.1 Å². The number of hydrogen-bond acceptors (Lipinski definition) is 4. The Morgan fingerprint density at radius 1 is 1.12 bits per heavy atom. The SMILES string of the molecule is CN=C1S/C(=C/c2cc(C)n(-c3ccc(OCc4ccccc4F)cc3)c2C)C(=O)N1C. The normalized spacial score (nSPS) is 16.4. The van der Waals surface area contributed by atoms with E-state index in [-0.39, 0.29) is 18.3 Å². The van der Waals surface area contributed by atoms with Crippen molar-refractivity contribution in [3.8, 4) is 11.4 Å². The molecule has 0 unspecified atom stereocenters. The number of likely N-dealkylation sites (N-methyl/N-ethyl adjacent to an activating group) is 1. The maximum Gasteiger partial charge on any atom is 0.266 e. The second-order valence-corrected chi connectivity index (χ2v) is 8.53. The van der Waals surface area contributed by atoms with Crippen LogP contribution in [0.4, 0.5) is 4.39 Å². The predicted octanol–water partition coefficient (Wildman–Crippen LogP) is 5.34. The van der Waals surface area contributed by atoms with E-state index in [0.29, 0.717) is 21.4 Å². The second kappa shape index (κ2) is 9.04. The fourth-order valence-corrected chi connectivity index (χ4v) is 4.61. The topological polar surface area (TPSA) is 46.8 Å². The van der Waals surface area contributed by atoms with Crippen molar-refractivity contribution in [3.05, 3.63) is 87.8 Å². The minimum absolute atomic E-state index is 0.0447. The molecule has 0 saturated carbocycles. The third kappa shape index (κ3) is 4.21. The Balaban J connectivity index is 1.55. The van der Waals surface area contributed by atoms with Gasteiger partial charge >= 0.3 is 0 Å². The number of rotatable bonds is 5. The van der Waals surface area contributed by atoms with Gasteiger partial charge in [0.25, 0.3) is 5.91 Å². The Kier molecular flexibility index (Phi) is 6.19. The molecule has 0 atom stereocenters. The van der Waals surface area contributed by atoms with Crippen LogP contribution in [0.3, 0.4) is 0 Å². The quantitative estimate of drug-likeness (QED) is 0.494. The van der Waals surface area contributed by atoms with Gasteiger partial charge in [-0.1, -0.05) is 18.2 Å². The lowest BCUT2D eigenvalue weighted by Gasteiger charge is -2.12. The number of benzene rings is 2. The van der Waals surface area contributed by atoms with Crippen molar-refractivity contribution in [1.29, 1.82) is 0 Å². The highest BCUT2D eigenvalue weighted by Crippen LogP contribution is 2.33. The summed E-state index contributed by atoms with van der Waals surface area (Å²) in [6.07, 6.45) is 1.92. The van der Waals surface area contributed by atoms with Gasteiger partial charge in [0, 0.05) is 36.7 Å². The number of thioether (sulfide) groups is 1. The van der Waals surface area contributed by atoms with Crippen molar-refractivity contribution in [3.63, 3.8) is 0 Å². The molecule has 0 spiro atoms. The van der Waals surface area contributed by atoms with E-state index in [1.807, 2.05) is 44.2 Å². The van der Waals surface area contributed by atoms with Crippen molar-refractivity contribution >= 4 is 28.9 Å². The Hall–Kier alpha value is -3.32. The summed E-state index contributed by atoms with van der Waals surface area (Å²) in [4.78, 5) is 18.9. The number of aromatic nitrogens is 1. The molecule has 1 saturated heterocycles. The first-order chi connectivity index (χ1) is 15.4. The molecule has 2 heterocycles. The number of amidine groups is 1. The summed E-state index contributed by atoms with van der Waals surface area (Å²) in [6.45, 7) is 4.24. The lowest BCUT2D eigenvalue weighted by Crippen LogP contribution is -2.23. The van der Waals surface area contributed by atoms with Gasteiger partial charge in [0.2, 0.25) is 0 Å². The molecule has 0 radical (unpaired) electrons. The fourth-order valence-electron chi connectivity index (χ4n) is 3.69. The molecule has 0 aliphatic carbocycles. The smallest absolute Gasteiger partial charge is 0.266 e. The monoisotopic (exact) mass is 449 g/mol. The van der Waals surface area contributed by atoms with Gasteiger partial charge in [-0.15, -0.1) is 0 Å². The van der Waals surface area contributed by atoms with Crippen LogP contribution in [0.15, 0.2) is 64.5 Å². The Morgan fingerprint density at radius 2 is 1.84 bits per heavy atom. The zero-order chi connectivity index (χ0) is 22.8. The first kappa shape index (κ1) is 21.9. The van der Waals surface area contributed by atoms with Crippen LogP contribution in [0, 0.1) is 19.7 Å². The van der Waals surface area contributed by atoms with E-state index in [0.717, 1.165) is 22.6 Å². The minimum Gasteiger partial charge on any atom is -0.489 e. The molecule has 0 N–H and O–H groups in total. The van der Waals surface area contributed by atoms with Crippen molar-refractivity contribution < 1.29 is 13.9 Å². The van der Waals surface area contributed by atoms with Crippen molar-refractivity contribution in [1.82, 2.24) is 9.47 Å². The van der Waals surface area contributed by atoms with Crippen LogP contribution in [-0.2, 0) is 11.4 Å². The van der Waals surface area contributed by atoms with Gasteiger partial charge in [-0.2, -0.15) is 0 Å².